The number of hydrogen-bond acceptors (Lipinski definition) is 2. The molecular weight excluding hydrogens is 78.0 g/mol. The van der Waals surface area contributed by atoms with Gasteiger partial charge in [0.1, 0.15) is 0 Å². The first-order valence-corrected chi connectivity index (χ1v) is 1.97. The molecule has 2 heteroatoms. The monoisotopic (exact) mass is 88.1 g/mol. The van der Waals surface area contributed by atoms with E-state index in [-0.39, 0.29) is 12.6 Å². The van der Waals surface area contributed by atoms with Gasteiger partial charge in [0.25, 0.3) is 0 Å². The second-order valence-electron chi connectivity index (χ2n) is 1.23. The number of hydrogen-bond donors (Lipinski definition) is 2. The van der Waals surface area contributed by atoms with E-state index in [4.69, 9.17) is 10.8 Å². The fourth-order valence-corrected chi connectivity index (χ4v) is 0.0913. The fourth-order valence-electron chi connectivity index (χ4n) is 0.0913. The average molecular weight is 88.1 g/mol. The Bertz CT molecular complexity index is 26.7. The molecule has 0 saturated carbocycles. The van der Waals surface area contributed by atoms with Crippen molar-refractivity contribution in [3.8, 4) is 0 Å². The van der Waals surface area contributed by atoms with Crippen molar-refractivity contribution in [1.29, 1.82) is 0 Å². The molecule has 2 nitrogen and oxygen atoms in total. The summed E-state index contributed by atoms with van der Waals surface area (Å²) in [6.45, 7) is 3.52. The van der Waals surface area contributed by atoms with Crippen LogP contribution >= 0.6 is 0 Å². The number of aliphatic hydroxyl groups excluding tert-OH is 1. The highest BCUT2D eigenvalue weighted by atomic mass is 16.3. The third kappa shape index (κ3) is 2.18. The predicted molar refractivity (Wildman–Crippen MR) is 25.0 cm³/mol. The summed E-state index contributed by atoms with van der Waals surface area (Å²) in [4.78, 5) is 0. The smallest absolute Gasteiger partial charge is 0.0582 e. The number of rotatable bonds is 2. The van der Waals surface area contributed by atoms with Crippen molar-refractivity contribution in [2.24, 2.45) is 5.73 Å². The molecule has 0 aliphatic rings. The Labute approximate surface area is 38.0 Å². The summed E-state index contributed by atoms with van der Waals surface area (Å²) >= 11 is 0. The van der Waals surface area contributed by atoms with Crippen LogP contribution in [0, 0.1) is 6.92 Å². The van der Waals surface area contributed by atoms with Gasteiger partial charge in [0.2, 0.25) is 0 Å². The molecule has 0 bridgehead atoms. The first kappa shape index (κ1) is 5.92. The third-order valence-electron chi connectivity index (χ3n) is 0.605. The summed E-state index contributed by atoms with van der Waals surface area (Å²) in [6, 6.07) is -0.120. The Balaban J connectivity index is 2.75. The molecule has 0 aromatic heterocycles. The zero-order chi connectivity index (χ0) is 4.99. The quantitative estimate of drug-likeness (QED) is 0.479. The molecule has 1 unspecified atom stereocenters. The highest BCUT2D eigenvalue weighted by Crippen LogP contribution is 1.78. The van der Waals surface area contributed by atoms with Crippen molar-refractivity contribution in [2.45, 2.75) is 12.5 Å². The SMILES string of the molecule is [CH2]CC(N)CO. The van der Waals surface area contributed by atoms with Gasteiger partial charge in [-0.25, -0.2) is 0 Å². The zero-order valence-corrected chi connectivity index (χ0v) is 3.72. The molecule has 0 saturated heterocycles. The first-order valence-electron chi connectivity index (χ1n) is 1.97. The minimum atomic E-state index is -0.120. The van der Waals surface area contributed by atoms with E-state index in [9.17, 15) is 0 Å². The molecule has 37 valence electrons. The van der Waals surface area contributed by atoms with Crippen molar-refractivity contribution >= 4 is 0 Å². The topological polar surface area (TPSA) is 46.2 Å². The van der Waals surface area contributed by atoms with Gasteiger partial charge in [0, 0.05) is 6.04 Å². The van der Waals surface area contributed by atoms with Crippen LogP contribution in [0.4, 0.5) is 0 Å². The van der Waals surface area contributed by atoms with Gasteiger partial charge in [0.05, 0.1) is 6.61 Å². The first-order chi connectivity index (χ1) is 2.81. The molecule has 6 heavy (non-hydrogen) atoms. The van der Waals surface area contributed by atoms with Gasteiger partial charge in [0.15, 0.2) is 0 Å². The lowest BCUT2D eigenvalue weighted by Crippen LogP contribution is -2.22. The summed E-state index contributed by atoms with van der Waals surface area (Å²) in [7, 11) is 0. The van der Waals surface area contributed by atoms with Crippen LogP contribution in [0.15, 0.2) is 0 Å². The normalized spacial score (nSPS) is 14.5. The summed E-state index contributed by atoms with van der Waals surface area (Å²) < 4.78 is 0. The second kappa shape index (κ2) is 3.12. The highest BCUT2D eigenvalue weighted by molar-refractivity contribution is 4.57. The van der Waals surface area contributed by atoms with Crippen molar-refractivity contribution in [1.82, 2.24) is 0 Å². The van der Waals surface area contributed by atoms with Crippen LogP contribution in [0.5, 0.6) is 0 Å². The summed E-state index contributed by atoms with van der Waals surface area (Å²) in [5.41, 5.74) is 5.16. The van der Waals surface area contributed by atoms with Gasteiger partial charge in [-0.1, -0.05) is 6.92 Å². The maximum absolute atomic E-state index is 8.17. The van der Waals surface area contributed by atoms with E-state index < -0.39 is 0 Å². The molecule has 0 aliphatic heterocycles. The van der Waals surface area contributed by atoms with E-state index >= 15 is 0 Å². The van der Waals surface area contributed by atoms with E-state index in [1.54, 1.807) is 0 Å². The standard InChI is InChI=1S/C4H10NO/c1-2-4(5)3-6/h4,6H,1-3,5H2. The predicted octanol–water partition coefficient (Wildman–Crippen LogP) is -0.470. The van der Waals surface area contributed by atoms with Crippen LogP contribution < -0.4 is 5.73 Å². The van der Waals surface area contributed by atoms with Gasteiger partial charge in [-0.15, -0.1) is 0 Å². The third-order valence-corrected chi connectivity index (χ3v) is 0.605. The lowest BCUT2D eigenvalue weighted by atomic mass is 10.3. The molecule has 0 amide bonds. The van der Waals surface area contributed by atoms with Crippen molar-refractivity contribution in [3.63, 3.8) is 0 Å². The molecule has 1 atom stereocenters. The minimum absolute atomic E-state index is 0.0451. The summed E-state index contributed by atoms with van der Waals surface area (Å²) in [6.07, 6.45) is 0.608. The van der Waals surface area contributed by atoms with Crippen molar-refractivity contribution < 1.29 is 5.11 Å². The number of aliphatic hydroxyl groups is 1. The van der Waals surface area contributed by atoms with Crippen LogP contribution in [0.1, 0.15) is 6.42 Å². The average Bonchev–Trinajstić information content (AvgIpc) is 1.65. The van der Waals surface area contributed by atoms with Crippen LogP contribution in [-0.2, 0) is 0 Å². The number of nitrogens with two attached hydrogens (primary N) is 1. The van der Waals surface area contributed by atoms with E-state index in [0.29, 0.717) is 6.42 Å². The van der Waals surface area contributed by atoms with Gasteiger partial charge < -0.3 is 10.8 Å². The molecular formula is C4H10NO. The molecule has 1 radical (unpaired) electrons. The Morgan fingerprint density at radius 1 is 1.83 bits per heavy atom. The second-order valence-corrected chi connectivity index (χ2v) is 1.23. The van der Waals surface area contributed by atoms with E-state index in [1.807, 2.05) is 0 Å². The van der Waals surface area contributed by atoms with Gasteiger partial charge >= 0.3 is 0 Å². The highest BCUT2D eigenvalue weighted by Gasteiger charge is 1.90. The molecule has 0 heterocycles. The minimum Gasteiger partial charge on any atom is -0.395 e. The van der Waals surface area contributed by atoms with Crippen LogP contribution in [0.25, 0.3) is 0 Å². The van der Waals surface area contributed by atoms with E-state index in [2.05, 4.69) is 6.92 Å². The maximum Gasteiger partial charge on any atom is 0.0582 e. The van der Waals surface area contributed by atoms with Gasteiger partial charge in [-0.2, -0.15) is 0 Å². The maximum atomic E-state index is 8.17. The van der Waals surface area contributed by atoms with Crippen LogP contribution in [0.2, 0.25) is 0 Å². The molecule has 0 aromatic carbocycles. The molecule has 0 aromatic rings. The van der Waals surface area contributed by atoms with E-state index in [1.165, 1.54) is 0 Å². The van der Waals surface area contributed by atoms with Crippen LogP contribution in [-0.4, -0.2) is 17.8 Å². The Kier molecular flexibility index (Phi) is 3.08. The van der Waals surface area contributed by atoms with Crippen molar-refractivity contribution in [2.75, 3.05) is 6.61 Å². The van der Waals surface area contributed by atoms with Gasteiger partial charge in [-0.05, 0) is 6.42 Å². The molecule has 3 N–H and O–H groups in total. The Morgan fingerprint density at radius 3 is 2.33 bits per heavy atom. The Morgan fingerprint density at radius 2 is 2.33 bits per heavy atom. The Hall–Kier alpha value is -0.0800. The zero-order valence-electron chi connectivity index (χ0n) is 3.72. The molecule has 0 fully saturated rings. The molecule has 0 spiro atoms. The van der Waals surface area contributed by atoms with E-state index in [0.717, 1.165) is 0 Å². The lowest BCUT2D eigenvalue weighted by Gasteiger charge is -1.98. The van der Waals surface area contributed by atoms with Gasteiger partial charge in [-0.3, -0.25) is 0 Å². The van der Waals surface area contributed by atoms with Crippen molar-refractivity contribution in [3.05, 3.63) is 6.92 Å². The largest absolute Gasteiger partial charge is 0.395 e. The van der Waals surface area contributed by atoms with Crippen LogP contribution in [0.3, 0.4) is 0 Å². The lowest BCUT2D eigenvalue weighted by molar-refractivity contribution is 0.266. The summed E-state index contributed by atoms with van der Waals surface area (Å²) in [5, 5.41) is 8.17. The fraction of sp³-hybridized carbons (Fsp3) is 0.750. The molecule has 0 rings (SSSR count). The molecule has 0 aliphatic carbocycles. The summed E-state index contributed by atoms with van der Waals surface area (Å²) in [5.74, 6) is 0.